The Morgan fingerprint density at radius 1 is 1.27 bits per heavy atom. The number of anilines is 1. The van der Waals surface area contributed by atoms with Gasteiger partial charge in [-0.15, -0.1) is 0 Å². The van der Waals surface area contributed by atoms with E-state index in [9.17, 15) is 13.6 Å². The van der Waals surface area contributed by atoms with Crippen LogP contribution in [0.15, 0.2) is 18.2 Å². The molecule has 0 atom stereocenters. The number of carbonyl (C=O) groups excluding carboxylic acids is 1. The molecule has 0 radical (unpaired) electrons. The molecule has 1 aliphatic carbocycles. The molecule has 1 aliphatic rings. The second-order valence-electron chi connectivity index (χ2n) is 6.20. The highest BCUT2D eigenvalue weighted by Crippen LogP contribution is 2.25. The number of hydrogen-bond acceptors (Lipinski definition) is 2. The summed E-state index contributed by atoms with van der Waals surface area (Å²) in [6.45, 7) is 4.98. The van der Waals surface area contributed by atoms with E-state index in [0.717, 1.165) is 12.1 Å². The lowest BCUT2D eigenvalue weighted by Gasteiger charge is -2.32. The van der Waals surface area contributed by atoms with Gasteiger partial charge in [-0.05, 0) is 38.8 Å². The molecule has 1 saturated carbocycles. The maximum absolute atomic E-state index is 13.1. The highest BCUT2D eigenvalue weighted by atomic mass is 19.2. The molecule has 3 nitrogen and oxygen atoms in total. The standard InChI is InChI=1S/C17H24F2N2O/c1-12(2)21(14-5-3-4-6-14)10-9-17(22)20-13-7-8-15(18)16(19)11-13/h7-8,11-12,14H,3-6,9-10H2,1-2H3,(H,20,22). The molecule has 2 rings (SSSR count). The number of nitrogens with one attached hydrogen (secondary N) is 1. The van der Waals surface area contributed by atoms with Crippen LogP contribution >= 0.6 is 0 Å². The Kier molecular flexibility index (Phi) is 5.89. The second-order valence-corrected chi connectivity index (χ2v) is 6.20. The monoisotopic (exact) mass is 310 g/mol. The minimum Gasteiger partial charge on any atom is -0.326 e. The smallest absolute Gasteiger partial charge is 0.225 e. The summed E-state index contributed by atoms with van der Waals surface area (Å²) in [5.74, 6) is -2.03. The van der Waals surface area contributed by atoms with E-state index in [1.54, 1.807) is 0 Å². The Morgan fingerprint density at radius 2 is 1.95 bits per heavy atom. The summed E-state index contributed by atoms with van der Waals surface area (Å²) in [4.78, 5) is 14.4. The molecule has 0 aliphatic heterocycles. The van der Waals surface area contributed by atoms with Crippen LogP contribution in [-0.2, 0) is 4.79 Å². The quantitative estimate of drug-likeness (QED) is 0.863. The molecular formula is C17H24F2N2O. The summed E-state index contributed by atoms with van der Waals surface area (Å²) in [5, 5.41) is 2.62. The van der Waals surface area contributed by atoms with Crippen LogP contribution in [0.25, 0.3) is 0 Å². The molecule has 0 heterocycles. The highest BCUT2D eigenvalue weighted by molar-refractivity contribution is 5.90. The van der Waals surface area contributed by atoms with Crippen LogP contribution in [0.4, 0.5) is 14.5 Å². The van der Waals surface area contributed by atoms with Crippen molar-refractivity contribution in [1.82, 2.24) is 4.90 Å². The van der Waals surface area contributed by atoms with Crippen LogP contribution in [0.5, 0.6) is 0 Å². The van der Waals surface area contributed by atoms with Gasteiger partial charge in [-0.2, -0.15) is 0 Å². The molecule has 1 aromatic rings. The lowest BCUT2D eigenvalue weighted by Crippen LogP contribution is -2.40. The molecule has 0 saturated heterocycles. The van der Waals surface area contributed by atoms with Gasteiger partial charge in [-0.25, -0.2) is 8.78 Å². The number of carbonyl (C=O) groups is 1. The fraction of sp³-hybridized carbons (Fsp3) is 0.588. The van der Waals surface area contributed by atoms with E-state index in [4.69, 9.17) is 0 Å². The topological polar surface area (TPSA) is 32.3 Å². The SMILES string of the molecule is CC(C)N(CCC(=O)Nc1ccc(F)c(F)c1)C1CCCC1. The maximum Gasteiger partial charge on any atom is 0.225 e. The Hall–Kier alpha value is -1.49. The summed E-state index contributed by atoms with van der Waals surface area (Å²) in [6, 6.07) is 4.36. The summed E-state index contributed by atoms with van der Waals surface area (Å²) >= 11 is 0. The van der Waals surface area contributed by atoms with Crippen LogP contribution in [0, 0.1) is 11.6 Å². The van der Waals surface area contributed by atoms with Crippen molar-refractivity contribution in [3.63, 3.8) is 0 Å². The van der Waals surface area contributed by atoms with E-state index in [-0.39, 0.29) is 5.91 Å². The van der Waals surface area contributed by atoms with Crippen molar-refractivity contribution >= 4 is 11.6 Å². The third-order valence-corrected chi connectivity index (χ3v) is 4.26. The molecule has 0 aromatic heterocycles. The summed E-state index contributed by atoms with van der Waals surface area (Å²) in [5.41, 5.74) is 0.292. The van der Waals surface area contributed by atoms with Gasteiger partial charge in [0, 0.05) is 36.8 Å². The van der Waals surface area contributed by atoms with Gasteiger partial charge in [0.2, 0.25) is 5.91 Å². The van der Waals surface area contributed by atoms with Crippen molar-refractivity contribution in [3.8, 4) is 0 Å². The molecule has 0 spiro atoms. The first kappa shape index (κ1) is 16.9. The van der Waals surface area contributed by atoms with Crippen molar-refractivity contribution in [2.75, 3.05) is 11.9 Å². The van der Waals surface area contributed by atoms with E-state index in [0.29, 0.717) is 30.7 Å². The Labute approximate surface area is 130 Å². The van der Waals surface area contributed by atoms with Gasteiger partial charge in [0.05, 0.1) is 0 Å². The predicted molar refractivity (Wildman–Crippen MR) is 83.7 cm³/mol. The molecule has 0 unspecified atom stereocenters. The lowest BCUT2D eigenvalue weighted by atomic mass is 10.1. The molecule has 5 heteroatoms. The van der Waals surface area contributed by atoms with Crippen molar-refractivity contribution in [2.24, 2.45) is 0 Å². The van der Waals surface area contributed by atoms with Crippen LogP contribution in [0.2, 0.25) is 0 Å². The van der Waals surface area contributed by atoms with Crippen LogP contribution < -0.4 is 5.32 Å². The molecule has 1 aromatic carbocycles. The summed E-state index contributed by atoms with van der Waals surface area (Å²) in [7, 11) is 0. The van der Waals surface area contributed by atoms with Gasteiger partial charge < -0.3 is 5.32 Å². The van der Waals surface area contributed by atoms with Gasteiger partial charge in [-0.3, -0.25) is 9.69 Å². The van der Waals surface area contributed by atoms with Crippen LogP contribution in [0.1, 0.15) is 46.0 Å². The van der Waals surface area contributed by atoms with E-state index >= 15 is 0 Å². The first-order valence-electron chi connectivity index (χ1n) is 7.98. The first-order valence-corrected chi connectivity index (χ1v) is 7.98. The van der Waals surface area contributed by atoms with E-state index < -0.39 is 11.6 Å². The van der Waals surface area contributed by atoms with Crippen molar-refractivity contribution < 1.29 is 13.6 Å². The molecular weight excluding hydrogens is 286 g/mol. The minimum absolute atomic E-state index is 0.172. The number of amides is 1. The Balaban J connectivity index is 1.86. The van der Waals surface area contributed by atoms with E-state index in [2.05, 4.69) is 24.1 Å². The largest absolute Gasteiger partial charge is 0.326 e. The van der Waals surface area contributed by atoms with Crippen molar-refractivity contribution in [2.45, 2.75) is 58.0 Å². The summed E-state index contributed by atoms with van der Waals surface area (Å²) < 4.78 is 26.0. The highest BCUT2D eigenvalue weighted by Gasteiger charge is 2.24. The van der Waals surface area contributed by atoms with Crippen molar-refractivity contribution in [1.29, 1.82) is 0 Å². The third-order valence-electron chi connectivity index (χ3n) is 4.26. The second kappa shape index (κ2) is 7.68. The fourth-order valence-corrected chi connectivity index (χ4v) is 3.13. The molecule has 0 bridgehead atoms. The normalized spacial score (nSPS) is 15.7. The van der Waals surface area contributed by atoms with Gasteiger partial charge in [0.1, 0.15) is 0 Å². The number of rotatable bonds is 6. The van der Waals surface area contributed by atoms with Gasteiger partial charge in [-0.1, -0.05) is 12.8 Å². The fourth-order valence-electron chi connectivity index (χ4n) is 3.13. The zero-order valence-electron chi connectivity index (χ0n) is 13.2. The minimum atomic E-state index is -0.951. The molecule has 22 heavy (non-hydrogen) atoms. The Morgan fingerprint density at radius 3 is 2.55 bits per heavy atom. The van der Waals surface area contributed by atoms with Crippen LogP contribution in [0.3, 0.4) is 0 Å². The Bertz CT molecular complexity index is 513. The molecule has 1 amide bonds. The molecule has 1 N–H and O–H groups in total. The lowest BCUT2D eigenvalue weighted by molar-refractivity contribution is -0.116. The number of hydrogen-bond donors (Lipinski definition) is 1. The third kappa shape index (κ3) is 4.50. The van der Waals surface area contributed by atoms with Gasteiger partial charge >= 0.3 is 0 Å². The first-order chi connectivity index (χ1) is 10.5. The van der Waals surface area contributed by atoms with E-state index in [1.807, 2.05) is 0 Å². The van der Waals surface area contributed by atoms with Crippen LogP contribution in [-0.4, -0.2) is 29.4 Å². The van der Waals surface area contributed by atoms with E-state index in [1.165, 1.54) is 31.7 Å². The zero-order chi connectivity index (χ0) is 16.1. The van der Waals surface area contributed by atoms with Crippen molar-refractivity contribution in [3.05, 3.63) is 29.8 Å². The number of nitrogens with zero attached hydrogens (tertiary/aromatic N) is 1. The number of halogens is 2. The molecule has 1 fully saturated rings. The average Bonchev–Trinajstić information content (AvgIpc) is 2.97. The summed E-state index contributed by atoms with van der Waals surface area (Å²) in [6.07, 6.45) is 5.27. The van der Waals surface area contributed by atoms with Gasteiger partial charge in [0.15, 0.2) is 11.6 Å². The maximum atomic E-state index is 13.1. The predicted octanol–water partition coefficient (Wildman–Crippen LogP) is 3.95. The molecule has 122 valence electrons. The number of benzene rings is 1. The zero-order valence-corrected chi connectivity index (χ0v) is 13.2. The van der Waals surface area contributed by atoms with Gasteiger partial charge in [0.25, 0.3) is 0 Å². The average molecular weight is 310 g/mol.